The fourth-order valence-corrected chi connectivity index (χ4v) is 1.23. The Hall–Kier alpha value is -1.04. The summed E-state index contributed by atoms with van der Waals surface area (Å²) in [7, 11) is 0. The lowest BCUT2D eigenvalue weighted by molar-refractivity contribution is -0.152. The number of hydrogen-bond acceptors (Lipinski definition) is 3. The number of aliphatic carboxylic acids is 1. The van der Waals surface area contributed by atoms with E-state index >= 15 is 0 Å². The van der Waals surface area contributed by atoms with Crippen LogP contribution >= 0.6 is 11.8 Å². The number of rotatable bonds is 4. The minimum atomic E-state index is -3.76. The number of carboxylic acids is 1. The molecule has 0 saturated carbocycles. The quantitative estimate of drug-likeness (QED) is 0.823. The lowest BCUT2D eigenvalue weighted by Crippen LogP contribution is -2.23. The SMILES string of the molecule is O=C(O)C(F)(F)SCc1ccco1. The summed E-state index contributed by atoms with van der Waals surface area (Å²) in [6, 6.07) is 3.06. The molecule has 0 aliphatic heterocycles. The van der Waals surface area contributed by atoms with E-state index in [0.29, 0.717) is 5.76 Å². The van der Waals surface area contributed by atoms with Crippen molar-refractivity contribution in [1.29, 1.82) is 0 Å². The summed E-state index contributed by atoms with van der Waals surface area (Å²) in [6.07, 6.45) is 1.34. The third-order valence-electron chi connectivity index (χ3n) is 1.22. The maximum Gasteiger partial charge on any atom is 0.389 e. The van der Waals surface area contributed by atoms with E-state index in [-0.39, 0.29) is 17.5 Å². The van der Waals surface area contributed by atoms with Gasteiger partial charge >= 0.3 is 11.2 Å². The molecule has 6 heteroatoms. The molecule has 0 fully saturated rings. The van der Waals surface area contributed by atoms with Crippen LogP contribution in [-0.4, -0.2) is 16.3 Å². The van der Waals surface area contributed by atoms with Gasteiger partial charge in [-0.25, -0.2) is 4.79 Å². The number of hydrogen-bond donors (Lipinski definition) is 1. The first kappa shape index (κ1) is 10.0. The molecule has 13 heavy (non-hydrogen) atoms. The predicted octanol–water partition coefficient (Wildman–Crippen LogP) is 2.19. The summed E-state index contributed by atoms with van der Waals surface area (Å²) >= 11 is 0.0179. The maximum atomic E-state index is 12.5. The Morgan fingerprint density at radius 3 is 2.85 bits per heavy atom. The van der Waals surface area contributed by atoms with Crippen LogP contribution in [-0.2, 0) is 10.5 Å². The van der Waals surface area contributed by atoms with Gasteiger partial charge in [0.2, 0.25) is 0 Å². The Morgan fingerprint density at radius 2 is 2.38 bits per heavy atom. The van der Waals surface area contributed by atoms with Gasteiger partial charge in [0.05, 0.1) is 12.0 Å². The van der Waals surface area contributed by atoms with E-state index in [1.165, 1.54) is 12.3 Å². The molecule has 1 aromatic heterocycles. The monoisotopic (exact) mass is 208 g/mol. The van der Waals surface area contributed by atoms with Crippen LogP contribution < -0.4 is 0 Å². The number of carbonyl (C=O) groups is 1. The van der Waals surface area contributed by atoms with Gasteiger partial charge in [0.25, 0.3) is 0 Å². The lowest BCUT2D eigenvalue weighted by Gasteiger charge is -2.08. The van der Waals surface area contributed by atoms with Crippen LogP contribution in [0.25, 0.3) is 0 Å². The van der Waals surface area contributed by atoms with Crippen LogP contribution in [0.5, 0.6) is 0 Å². The van der Waals surface area contributed by atoms with Gasteiger partial charge in [-0.15, -0.1) is 0 Å². The van der Waals surface area contributed by atoms with Crippen molar-refractivity contribution in [2.75, 3.05) is 0 Å². The van der Waals surface area contributed by atoms with Crippen LogP contribution in [0.4, 0.5) is 8.78 Å². The molecule has 0 aliphatic rings. The standard InChI is InChI=1S/C7H6F2O3S/c8-7(9,6(10)11)13-4-5-2-1-3-12-5/h1-3H,4H2,(H,10,11). The van der Waals surface area contributed by atoms with Crippen molar-refractivity contribution in [3.05, 3.63) is 24.2 Å². The summed E-state index contributed by atoms with van der Waals surface area (Å²) in [6.45, 7) is 0. The molecule has 72 valence electrons. The first-order valence-corrected chi connectivity index (χ1v) is 4.28. The Balaban J connectivity index is 2.47. The number of alkyl halides is 2. The summed E-state index contributed by atoms with van der Waals surface area (Å²) < 4.78 is 29.7. The molecular formula is C7H6F2O3S. The Kier molecular flexibility index (Phi) is 2.92. The summed E-state index contributed by atoms with van der Waals surface area (Å²) in [5, 5.41) is 4.31. The highest BCUT2D eigenvalue weighted by molar-refractivity contribution is 8.00. The largest absolute Gasteiger partial charge is 0.476 e. The van der Waals surface area contributed by atoms with Crippen LogP contribution in [0, 0.1) is 0 Å². The average molecular weight is 208 g/mol. The number of thioether (sulfide) groups is 1. The number of halogens is 2. The van der Waals surface area contributed by atoms with Crippen LogP contribution in [0.1, 0.15) is 5.76 Å². The normalized spacial score (nSPS) is 11.5. The summed E-state index contributed by atoms with van der Waals surface area (Å²) in [5.41, 5.74) is 0. The topological polar surface area (TPSA) is 50.4 Å². The van der Waals surface area contributed by atoms with Gasteiger partial charge in [-0.3, -0.25) is 0 Å². The Labute approximate surface area is 76.7 Å². The molecule has 0 aliphatic carbocycles. The average Bonchev–Trinajstić information content (AvgIpc) is 2.52. The van der Waals surface area contributed by atoms with Crippen molar-refractivity contribution in [2.45, 2.75) is 11.0 Å². The zero-order chi connectivity index (χ0) is 9.90. The van der Waals surface area contributed by atoms with E-state index in [1.54, 1.807) is 6.07 Å². The number of furan rings is 1. The molecule has 0 spiro atoms. The molecule has 0 saturated heterocycles. The molecule has 0 amide bonds. The van der Waals surface area contributed by atoms with E-state index in [9.17, 15) is 13.6 Å². The van der Waals surface area contributed by atoms with E-state index in [4.69, 9.17) is 9.52 Å². The number of carboxylic acid groups (broad SMARTS) is 1. The molecule has 0 bridgehead atoms. The molecule has 1 heterocycles. The Morgan fingerprint density at radius 1 is 1.69 bits per heavy atom. The van der Waals surface area contributed by atoms with Gasteiger partial charge in [-0.2, -0.15) is 8.78 Å². The molecule has 0 unspecified atom stereocenters. The van der Waals surface area contributed by atoms with Crippen molar-refractivity contribution >= 4 is 17.7 Å². The molecule has 0 radical (unpaired) electrons. The van der Waals surface area contributed by atoms with E-state index in [2.05, 4.69) is 0 Å². The Bertz CT molecular complexity index is 284. The minimum Gasteiger partial charge on any atom is -0.476 e. The zero-order valence-corrected chi connectivity index (χ0v) is 7.18. The first-order chi connectivity index (χ1) is 6.02. The van der Waals surface area contributed by atoms with Crippen LogP contribution in [0.2, 0.25) is 0 Å². The minimum absolute atomic E-state index is 0.0179. The fraction of sp³-hybridized carbons (Fsp3) is 0.286. The van der Waals surface area contributed by atoms with Gasteiger partial charge in [-0.1, -0.05) is 11.8 Å². The fourth-order valence-electron chi connectivity index (χ4n) is 0.618. The molecule has 3 nitrogen and oxygen atoms in total. The predicted molar refractivity (Wildman–Crippen MR) is 42.6 cm³/mol. The van der Waals surface area contributed by atoms with E-state index < -0.39 is 11.2 Å². The summed E-state index contributed by atoms with van der Waals surface area (Å²) in [5.74, 6) is -1.97. The van der Waals surface area contributed by atoms with E-state index in [0.717, 1.165) is 0 Å². The van der Waals surface area contributed by atoms with Gasteiger partial charge in [0.1, 0.15) is 5.76 Å². The molecule has 0 aromatic carbocycles. The van der Waals surface area contributed by atoms with Crippen molar-refractivity contribution in [3.63, 3.8) is 0 Å². The highest BCUT2D eigenvalue weighted by Gasteiger charge is 2.39. The molecule has 1 rings (SSSR count). The summed E-state index contributed by atoms with van der Waals surface area (Å²) in [4.78, 5) is 9.98. The lowest BCUT2D eigenvalue weighted by atomic mass is 10.5. The molecular weight excluding hydrogens is 202 g/mol. The third kappa shape index (κ3) is 2.73. The van der Waals surface area contributed by atoms with Gasteiger partial charge < -0.3 is 9.52 Å². The van der Waals surface area contributed by atoms with Crippen LogP contribution in [0.15, 0.2) is 22.8 Å². The molecule has 0 atom stereocenters. The second-order valence-corrected chi connectivity index (χ2v) is 3.28. The molecule has 1 N–H and O–H groups in total. The van der Waals surface area contributed by atoms with Crippen LogP contribution in [0.3, 0.4) is 0 Å². The highest BCUT2D eigenvalue weighted by Crippen LogP contribution is 2.31. The third-order valence-corrected chi connectivity index (χ3v) is 2.19. The van der Waals surface area contributed by atoms with Crippen molar-refractivity contribution in [1.82, 2.24) is 0 Å². The van der Waals surface area contributed by atoms with Gasteiger partial charge in [-0.05, 0) is 12.1 Å². The second-order valence-electron chi connectivity index (χ2n) is 2.19. The van der Waals surface area contributed by atoms with Gasteiger partial charge in [0, 0.05) is 0 Å². The van der Waals surface area contributed by atoms with E-state index in [1.807, 2.05) is 0 Å². The van der Waals surface area contributed by atoms with Gasteiger partial charge in [0.15, 0.2) is 0 Å². The first-order valence-electron chi connectivity index (χ1n) is 3.30. The molecule has 1 aromatic rings. The smallest absolute Gasteiger partial charge is 0.389 e. The van der Waals surface area contributed by atoms with Crippen molar-refractivity contribution in [3.8, 4) is 0 Å². The zero-order valence-electron chi connectivity index (χ0n) is 6.37. The van der Waals surface area contributed by atoms with Crippen molar-refractivity contribution in [2.24, 2.45) is 0 Å². The second kappa shape index (κ2) is 3.78. The maximum absolute atomic E-state index is 12.5. The highest BCUT2D eigenvalue weighted by atomic mass is 32.2. The van der Waals surface area contributed by atoms with Crippen molar-refractivity contribution < 1.29 is 23.1 Å².